The minimum absolute atomic E-state index is 0.0754. The van der Waals surface area contributed by atoms with E-state index in [1.165, 1.54) is 56.1 Å². The first-order valence-electron chi connectivity index (χ1n) is 10.4. The molecule has 0 spiro atoms. The molecule has 2 aromatic rings. The molecule has 1 fully saturated rings. The number of hydrogen-bond acceptors (Lipinski definition) is 11. The first-order chi connectivity index (χ1) is 17.5. The standard InChI is InChI=1S/C19H18Cl3N7O6S2/c1-27-18(24-25-26-27)37-6-9-5-36-15-12(14(30)29(15)13(9)17(33)34)23-11-2-3-28(4-10(11)16(31)32)8-35-7-19(20,21)22/h2-4,12,15H,5-8H2,1H3,(H2,31,32,33,34)/t12-,15-/m1/s1. The lowest BCUT2D eigenvalue weighted by atomic mass is 10.0. The van der Waals surface area contributed by atoms with Crippen LogP contribution < -0.4 is 15.0 Å². The van der Waals surface area contributed by atoms with Crippen molar-refractivity contribution in [2.75, 3.05) is 23.4 Å². The van der Waals surface area contributed by atoms with Crippen molar-refractivity contribution >= 4 is 81.9 Å². The maximum Gasteiger partial charge on any atom is 0.343 e. The maximum absolute atomic E-state index is 13.0. The Bertz CT molecular complexity index is 1270. The van der Waals surface area contributed by atoms with Crippen molar-refractivity contribution in [3.63, 3.8) is 0 Å². The summed E-state index contributed by atoms with van der Waals surface area (Å²) in [6.07, 6.45) is 2.84. The minimum Gasteiger partial charge on any atom is -0.543 e. The second kappa shape index (κ2) is 11.2. The van der Waals surface area contributed by atoms with Crippen LogP contribution in [0.15, 0.2) is 34.9 Å². The highest BCUT2D eigenvalue weighted by Crippen LogP contribution is 2.42. The van der Waals surface area contributed by atoms with Crippen LogP contribution in [-0.4, -0.2) is 81.4 Å². The molecule has 0 radical (unpaired) electrons. The Kier molecular flexibility index (Phi) is 8.40. The maximum atomic E-state index is 13.0. The number of tetrazole rings is 1. The zero-order chi connectivity index (χ0) is 26.9. The molecule has 1 saturated heterocycles. The lowest BCUT2D eigenvalue weighted by Crippen LogP contribution is -2.68. The number of aromatic nitrogens is 5. The van der Waals surface area contributed by atoms with E-state index in [4.69, 9.17) is 39.5 Å². The third-order valence-corrected chi connectivity index (χ3v) is 8.03. The van der Waals surface area contributed by atoms with Crippen LogP contribution in [0.5, 0.6) is 0 Å². The molecule has 2 aromatic heterocycles. The fourth-order valence-electron chi connectivity index (χ4n) is 3.63. The van der Waals surface area contributed by atoms with E-state index in [9.17, 15) is 24.6 Å². The van der Waals surface area contributed by atoms with Gasteiger partial charge in [0.1, 0.15) is 23.6 Å². The van der Waals surface area contributed by atoms with Gasteiger partial charge in [0.05, 0.1) is 17.4 Å². The summed E-state index contributed by atoms with van der Waals surface area (Å²) in [6, 6.07) is 0.629. The summed E-state index contributed by atoms with van der Waals surface area (Å²) >= 11 is 19.5. The number of aryl methyl sites for hydroxylation is 1. The number of alkyl halides is 3. The summed E-state index contributed by atoms with van der Waals surface area (Å²) < 4.78 is 6.53. The number of aromatic carboxylic acids is 1. The first kappa shape index (κ1) is 27.7. The Morgan fingerprint density at radius 2 is 2.19 bits per heavy atom. The largest absolute Gasteiger partial charge is 0.543 e. The smallest absolute Gasteiger partial charge is 0.343 e. The molecule has 4 rings (SSSR count). The number of nitrogens with zero attached hydrogens (tertiary/aromatic N) is 6. The van der Waals surface area contributed by atoms with Gasteiger partial charge in [-0.1, -0.05) is 46.6 Å². The fraction of sp³-hybridized carbons (Fsp3) is 0.421. The van der Waals surface area contributed by atoms with Gasteiger partial charge in [0.25, 0.3) is 12.6 Å². The molecule has 0 aliphatic carbocycles. The molecule has 198 valence electrons. The molecule has 1 amide bonds. The van der Waals surface area contributed by atoms with Crippen molar-refractivity contribution in [3.8, 4) is 0 Å². The summed E-state index contributed by atoms with van der Waals surface area (Å²) in [6.45, 7) is -0.281. The van der Waals surface area contributed by atoms with Gasteiger partial charge in [0.2, 0.25) is 8.95 Å². The number of carbonyl (C=O) groups excluding carboxylic acids is 2. The number of halogens is 3. The predicted molar refractivity (Wildman–Crippen MR) is 132 cm³/mol. The highest BCUT2D eigenvalue weighted by atomic mass is 35.6. The number of anilines is 1. The van der Waals surface area contributed by atoms with Gasteiger partial charge in [-0.2, -0.15) is 4.57 Å². The molecule has 2 N–H and O–H groups in total. The summed E-state index contributed by atoms with van der Waals surface area (Å²) in [5, 5.41) is 35.6. The van der Waals surface area contributed by atoms with Crippen LogP contribution >= 0.6 is 58.3 Å². The number of carboxylic acids is 2. The van der Waals surface area contributed by atoms with Crippen LogP contribution in [0.1, 0.15) is 10.4 Å². The van der Waals surface area contributed by atoms with Crippen LogP contribution in [0.4, 0.5) is 5.69 Å². The van der Waals surface area contributed by atoms with Gasteiger partial charge in [0, 0.05) is 24.6 Å². The Hall–Kier alpha value is -2.30. The Labute approximate surface area is 233 Å². The second-order valence-corrected chi connectivity index (χ2v) is 12.4. The summed E-state index contributed by atoms with van der Waals surface area (Å²) in [5.74, 6) is -2.65. The number of carboxylic acid groups (broad SMARTS) is 2. The Balaban J connectivity index is 1.48. The first-order valence-corrected chi connectivity index (χ1v) is 13.5. The number of amides is 1. The average molecular weight is 611 g/mol. The van der Waals surface area contributed by atoms with Crippen LogP contribution in [0, 0.1) is 0 Å². The quantitative estimate of drug-likeness (QED) is 0.161. The molecule has 0 saturated carbocycles. The molecule has 0 aromatic carbocycles. The molecule has 2 atom stereocenters. The minimum atomic E-state index is -1.62. The lowest BCUT2D eigenvalue weighted by molar-refractivity contribution is -0.732. The molecule has 2 aliphatic heterocycles. The van der Waals surface area contributed by atoms with Crippen LogP contribution in [0.2, 0.25) is 0 Å². The van der Waals surface area contributed by atoms with Crippen LogP contribution in [0.3, 0.4) is 0 Å². The fourth-order valence-corrected chi connectivity index (χ4v) is 6.19. The molecular weight excluding hydrogens is 593 g/mol. The van der Waals surface area contributed by atoms with E-state index in [2.05, 4.69) is 20.8 Å². The molecule has 0 bridgehead atoms. The third-order valence-electron chi connectivity index (χ3n) is 5.26. The van der Waals surface area contributed by atoms with Crippen molar-refractivity contribution in [1.29, 1.82) is 0 Å². The summed E-state index contributed by atoms with van der Waals surface area (Å²) in [5.41, 5.74) is 0.365. The lowest BCUT2D eigenvalue weighted by Gasteiger charge is -2.51. The highest BCUT2D eigenvalue weighted by molar-refractivity contribution is 8.01. The van der Waals surface area contributed by atoms with E-state index in [0.29, 0.717) is 16.5 Å². The molecular formula is C19H18Cl3N7O6S2. The van der Waals surface area contributed by atoms with E-state index in [1.54, 1.807) is 7.05 Å². The normalized spacial score (nSPS) is 19.5. The predicted octanol–water partition coefficient (Wildman–Crippen LogP) is 0.0320. The molecule has 2 aliphatic rings. The van der Waals surface area contributed by atoms with Crippen molar-refractivity contribution in [2.24, 2.45) is 7.05 Å². The number of β-lactam (4-membered cyclic amide) rings is 1. The zero-order valence-electron chi connectivity index (χ0n) is 18.8. The average Bonchev–Trinajstić information content (AvgIpc) is 3.24. The van der Waals surface area contributed by atoms with E-state index < -0.39 is 33.1 Å². The zero-order valence-corrected chi connectivity index (χ0v) is 22.7. The molecule has 37 heavy (non-hydrogen) atoms. The Morgan fingerprint density at radius 1 is 1.43 bits per heavy atom. The number of aliphatic carboxylic acids is 1. The van der Waals surface area contributed by atoms with Gasteiger partial charge in [-0.3, -0.25) is 9.69 Å². The SMILES string of the molecule is Cn1nnnc1SCC1=C(C(=O)[O-])N2C(=O)[C@@H](Nc3cc[n+](COCC(Cl)(Cl)Cl)cc3C(=O)O)[C@H]2SC1. The van der Waals surface area contributed by atoms with Gasteiger partial charge in [-0.05, 0) is 16.0 Å². The Morgan fingerprint density at radius 3 is 2.81 bits per heavy atom. The number of thioether (sulfide) groups is 2. The highest BCUT2D eigenvalue weighted by Gasteiger charge is 2.52. The topological polar surface area (TPSA) is 166 Å². The number of pyridine rings is 1. The van der Waals surface area contributed by atoms with Crippen molar-refractivity contribution in [3.05, 3.63) is 35.3 Å². The molecule has 0 unspecified atom stereocenters. The van der Waals surface area contributed by atoms with Crippen LogP contribution in [0.25, 0.3) is 0 Å². The van der Waals surface area contributed by atoms with E-state index >= 15 is 0 Å². The van der Waals surface area contributed by atoms with Gasteiger partial charge in [0.15, 0.2) is 12.4 Å². The second-order valence-electron chi connectivity index (χ2n) is 7.83. The van der Waals surface area contributed by atoms with Crippen LogP contribution in [-0.2, 0) is 28.1 Å². The van der Waals surface area contributed by atoms with Gasteiger partial charge in [-0.15, -0.1) is 16.9 Å². The number of fused-ring (bicyclic) bond motifs is 1. The number of carbonyl (C=O) groups is 3. The number of nitrogens with one attached hydrogen (secondary N) is 1. The number of rotatable bonds is 10. The van der Waals surface area contributed by atoms with Crippen molar-refractivity contribution < 1.29 is 33.9 Å². The van der Waals surface area contributed by atoms with E-state index in [1.807, 2.05) is 0 Å². The van der Waals surface area contributed by atoms with Crippen molar-refractivity contribution in [1.82, 2.24) is 25.1 Å². The number of hydrogen-bond donors (Lipinski definition) is 2. The monoisotopic (exact) mass is 609 g/mol. The molecule has 13 nitrogen and oxygen atoms in total. The summed E-state index contributed by atoms with van der Waals surface area (Å²) in [4.78, 5) is 38.0. The third kappa shape index (κ3) is 6.23. The van der Waals surface area contributed by atoms with E-state index in [0.717, 1.165) is 0 Å². The van der Waals surface area contributed by atoms with Gasteiger partial charge < -0.3 is 25.1 Å². The van der Waals surface area contributed by atoms with Gasteiger partial charge in [-0.25, -0.2) is 9.48 Å². The van der Waals surface area contributed by atoms with E-state index in [-0.39, 0.29) is 36.0 Å². The van der Waals surface area contributed by atoms with Crippen molar-refractivity contribution in [2.45, 2.75) is 27.1 Å². The van der Waals surface area contributed by atoms with Gasteiger partial charge >= 0.3 is 5.97 Å². The molecule has 18 heteroatoms. The summed E-state index contributed by atoms with van der Waals surface area (Å²) in [7, 11) is 1.66. The number of ether oxygens (including phenoxy) is 1. The molecule has 4 heterocycles.